The van der Waals surface area contributed by atoms with Crippen LogP contribution in [0.25, 0.3) is 5.65 Å². The Kier molecular flexibility index (Phi) is 4.64. The lowest BCUT2D eigenvalue weighted by Gasteiger charge is -2.38. The first-order chi connectivity index (χ1) is 13.3. The monoisotopic (exact) mass is 387 g/mol. The first kappa shape index (κ1) is 18.6. The summed E-state index contributed by atoms with van der Waals surface area (Å²) in [6, 6.07) is 3.57. The normalized spacial score (nSPS) is 19.4. The van der Waals surface area contributed by atoms with E-state index in [4.69, 9.17) is 0 Å². The Hall–Kier alpha value is -2.77. The Balaban J connectivity index is 1.58. The van der Waals surface area contributed by atoms with Crippen molar-refractivity contribution >= 4 is 17.2 Å². The topological polar surface area (TPSA) is 64.2 Å². The maximum absolute atomic E-state index is 13.5. The van der Waals surface area contributed by atoms with E-state index < -0.39 is 18.0 Å². The molecule has 8 heteroatoms. The molecule has 1 saturated carbocycles. The van der Waals surface area contributed by atoms with Gasteiger partial charge in [0.2, 0.25) is 0 Å². The van der Waals surface area contributed by atoms with E-state index in [1.165, 1.54) is 6.20 Å². The van der Waals surface area contributed by atoms with E-state index >= 15 is 0 Å². The Morgan fingerprint density at radius 3 is 2.71 bits per heavy atom. The number of hydrogen-bond donors (Lipinski definition) is 1. The second kappa shape index (κ2) is 7.00. The van der Waals surface area contributed by atoms with Gasteiger partial charge in [0.05, 0.1) is 17.3 Å². The van der Waals surface area contributed by atoms with E-state index in [0.29, 0.717) is 23.0 Å². The van der Waals surface area contributed by atoms with Crippen LogP contribution in [-0.2, 0) is 0 Å². The van der Waals surface area contributed by atoms with Gasteiger partial charge in [-0.25, -0.2) is 13.8 Å². The molecule has 0 saturated heterocycles. The molecule has 0 aliphatic heterocycles. The molecule has 0 bridgehead atoms. The van der Waals surface area contributed by atoms with Crippen molar-refractivity contribution in [2.75, 3.05) is 5.32 Å². The number of rotatable bonds is 5. The van der Waals surface area contributed by atoms with Crippen LogP contribution in [0.2, 0.25) is 0 Å². The summed E-state index contributed by atoms with van der Waals surface area (Å²) in [7, 11) is 0. The minimum Gasteiger partial charge on any atom is -0.319 e. The van der Waals surface area contributed by atoms with Gasteiger partial charge in [-0.1, -0.05) is 13.8 Å². The van der Waals surface area contributed by atoms with Crippen LogP contribution in [0.3, 0.4) is 0 Å². The second-order valence-electron chi connectivity index (χ2n) is 7.80. The zero-order valence-electron chi connectivity index (χ0n) is 16.1. The van der Waals surface area contributed by atoms with Crippen molar-refractivity contribution < 1.29 is 13.6 Å². The Morgan fingerprint density at radius 2 is 2.04 bits per heavy atom. The number of aromatic nitrogens is 4. The van der Waals surface area contributed by atoms with Gasteiger partial charge in [-0.3, -0.25) is 9.48 Å². The molecule has 148 valence electrons. The van der Waals surface area contributed by atoms with Gasteiger partial charge in [0.15, 0.2) is 5.69 Å². The van der Waals surface area contributed by atoms with Crippen LogP contribution in [0.5, 0.6) is 0 Å². The molecular formula is C20H23F2N5O. The maximum Gasteiger partial charge on any atom is 0.284 e. The van der Waals surface area contributed by atoms with Crippen LogP contribution in [0.15, 0.2) is 30.7 Å². The van der Waals surface area contributed by atoms with Gasteiger partial charge >= 0.3 is 0 Å². The van der Waals surface area contributed by atoms with Crippen molar-refractivity contribution in [1.82, 2.24) is 19.2 Å². The Morgan fingerprint density at radius 1 is 1.29 bits per heavy atom. The largest absolute Gasteiger partial charge is 0.319 e. The van der Waals surface area contributed by atoms with Crippen molar-refractivity contribution in [3.05, 3.63) is 47.7 Å². The minimum atomic E-state index is -2.76. The highest BCUT2D eigenvalue weighted by Gasteiger charge is 2.34. The van der Waals surface area contributed by atoms with Gasteiger partial charge < -0.3 is 9.72 Å². The zero-order chi connectivity index (χ0) is 20.0. The molecule has 0 atom stereocenters. The fraction of sp³-hybridized carbons (Fsp3) is 0.450. The third-order valence-corrected chi connectivity index (χ3v) is 5.68. The van der Waals surface area contributed by atoms with Crippen LogP contribution >= 0.6 is 0 Å². The SMILES string of the molecule is Cc1ccnc2c(C(=O)Nc3cn(C4CC(C(C)C)C4)nc3C(F)F)ccn12. The lowest BCUT2D eigenvalue weighted by Crippen LogP contribution is -2.30. The third kappa shape index (κ3) is 3.16. The molecule has 1 aliphatic rings. The number of carbonyl (C=O) groups excluding carboxylic acids is 1. The average molecular weight is 387 g/mol. The molecule has 1 amide bonds. The third-order valence-electron chi connectivity index (χ3n) is 5.68. The van der Waals surface area contributed by atoms with Crippen molar-refractivity contribution in [1.29, 1.82) is 0 Å². The first-order valence-electron chi connectivity index (χ1n) is 9.46. The number of halogens is 2. The molecule has 0 spiro atoms. The predicted molar refractivity (Wildman–Crippen MR) is 102 cm³/mol. The summed E-state index contributed by atoms with van der Waals surface area (Å²) in [4.78, 5) is 17.0. The van der Waals surface area contributed by atoms with Gasteiger partial charge in [-0.05, 0) is 43.7 Å². The molecule has 1 N–H and O–H groups in total. The number of nitrogens with one attached hydrogen (secondary N) is 1. The summed E-state index contributed by atoms with van der Waals surface area (Å²) in [5.41, 5.74) is 1.41. The summed E-state index contributed by atoms with van der Waals surface area (Å²) in [6.45, 7) is 6.23. The molecule has 0 aromatic carbocycles. The molecule has 6 nitrogen and oxygen atoms in total. The van der Waals surface area contributed by atoms with Gasteiger partial charge in [-0.15, -0.1) is 0 Å². The molecule has 1 fully saturated rings. The van der Waals surface area contributed by atoms with Crippen LogP contribution < -0.4 is 5.32 Å². The highest BCUT2D eigenvalue weighted by Crippen LogP contribution is 2.42. The van der Waals surface area contributed by atoms with E-state index in [1.54, 1.807) is 27.5 Å². The number of carbonyl (C=O) groups is 1. The van der Waals surface area contributed by atoms with Crippen molar-refractivity contribution in [2.24, 2.45) is 11.8 Å². The molecule has 3 aromatic rings. The van der Waals surface area contributed by atoms with E-state index in [9.17, 15) is 13.6 Å². The van der Waals surface area contributed by atoms with Gasteiger partial charge in [0.1, 0.15) is 5.65 Å². The lowest BCUT2D eigenvalue weighted by atomic mass is 9.74. The quantitative estimate of drug-likeness (QED) is 0.694. The number of aryl methyl sites for hydroxylation is 1. The van der Waals surface area contributed by atoms with Gasteiger partial charge in [0.25, 0.3) is 12.3 Å². The number of fused-ring (bicyclic) bond motifs is 1. The van der Waals surface area contributed by atoms with Crippen LogP contribution in [0, 0.1) is 18.8 Å². The van der Waals surface area contributed by atoms with E-state index in [1.807, 2.05) is 13.0 Å². The maximum atomic E-state index is 13.5. The second-order valence-corrected chi connectivity index (χ2v) is 7.80. The standard InChI is InChI=1S/C20H23F2N5O/c1-11(2)13-8-14(9-13)27-10-16(17(25-27)18(21)22)24-20(28)15-5-7-26-12(3)4-6-23-19(15)26/h4-7,10-11,13-14,18H,8-9H2,1-3H3,(H,24,28). The number of amides is 1. The average Bonchev–Trinajstić information content (AvgIpc) is 3.18. The highest BCUT2D eigenvalue weighted by atomic mass is 19.3. The summed E-state index contributed by atoms with van der Waals surface area (Å²) >= 11 is 0. The van der Waals surface area contributed by atoms with Gasteiger partial charge in [-0.2, -0.15) is 5.10 Å². The first-order valence-corrected chi connectivity index (χ1v) is 9.46. The van der Waals surface area contributed by atoms with Crippen LogP contribution in [0.4, 0.5) is 14.5 Å². The summed E-state index contributed by atoms with van der Waals surface area (Å²) in [5.74, 6) is 0.680. The molecular weight excluding hydrogens is 364 g/mol. The highest BCUT2D eigenvalue weighted by molar-refractivity contribution is 6.08. The van der Waals surface area contributed by atoms with Gasteiger partial charge in [0, 0.05) is 24.3 Å². The molecule has 28 heavy (non-hydrogen) atoms. The van der Waals surface area contributed by atoms with Crippen LogP contribution in [0.1, 0.15) is 60.9 Å². The molecule has 1 aliphatic carbocycles. The van der Waals surface area contributed by atoms with E-state index in [2.05, 4.69) is 29.2 Å². The molecule has 3 heterocycles. The molecule has 4 rings (SSSR count). The zero-order valence-corrected chi connectivity index (χ0v) is 16.1. The molecule has 0 radical (unpaired) electrons. The predicted octanol–water partition coefficient (Wildman–Crippen LogP) is 4.64. The molecule has 3 aromatic heterocycles. The number of nitrogens with zero attached hydrogens (tertiary/aromatic N) is 4. The summed E-state index contributed by atoms with van der Waals surface area (Å²) in [6.07, 6.45) is 3.96. The van der Waals surface area contributed by atoms with Crippen molar-refractivity contribution in [3.8, 4) is 0 Å². The Labute approximate surface area is 161 Å². The Bertz CT molecular complexity index is 1020. The molecule has 0 unspecified atom stereocenters. The van der Waals surface area contributed by atoms with Crippen LogP contribution in [-0.4, -0.2) is 25.1 Å². The number of anilines is 1. The fourth-order valence-electron chi connectivity index (χ4n) is 3.74. The number of alkyl halides is 2. The number of hydrogen-bond acceptors (Lipinski definition) is 3. The van der Waals surface area contributed by atoms with Crippen molar-refractivity contribution in [3.63, 3.8) is 0 Å². The minimum absolute atomic E-state index is 0.0556. The van der Waals surface area contributed by atoms with Crippen molar-refractivity contribution in [2.45, 2.75) is 46.1 Å². The summed E-state index contributed by atoms with van der Waals surface area (Å²) < 4.78 is 30.3. The summed E-state index contributed by atoms with van der Waals surface area (Å²) in [5, 5.41) is 6.68. The lowest BCUT2D eigenvalue weighted by molar-refractivity contribution is 0.102. The smallest absolute Gasteiger partial charge is 0.284 e. The fourth-order valence-corrected chi connectivity index (χ4v) is 3.74. The van der Waals surface area contributed by atoms with E-state index in [-0.39, 0.29) is 11.7 Å². The van der Waals surface area contributed by atoms with E-state index in [0.717, 1.165) is 18.5 Å².